The van der Waals surface area contributed by atoms with Gasteiger partial charge in [-0.15, -0.1) is 0 Å². The number of hydrogen-bond acceptors (Lipinski definition) is 3. The lowest BCUT2D eigenvalue weighted by Crippen LogP contribution is -2.37. The zero-order valence-corrected chi connectivity index (χ0v) is 15.5. The molecule has 1 atom stereocenters. The van der Waals surface area contributed by atoms with E-state index in [1.54, 1.807) is 16.7 Å². The fraction of sp³-hybridized carbons (Fsp3) is 0.400. The molecule has 0 spiro atoms. The molecular weight excluding hydrogens is 314 g/mol. The summed E-state index contributed by atoms with van der Waals surface area (Å²) in [6.45, 7) is 5.08. The van der Waals surface area contributed by atoms with E-state index in [1.165, 1.54) is 5.56 Å². The van der Waals surface area contributed by atoms with Crippen LogP contribution in [-0.2, 0) is 11.3 Å². The molecule has 2 aromatic rings. The third kappa shape index (κ3) is 5.03. The van der Waals surface area contributed by atoms with Gasteiger partial charge in [-0.2, -0.15) is 0 Å². The highest BCUT2D eigenvalue weighted by molar-refractivity contribution is 5.83. The van der Waals surface area contributed by atoms with Gasteiger partial charge in [-0.05, 0) is 46.0 Å². The third-order valence-electron chi connectivity index (χ3n) is 4.28. The van der Waals surface area contributed by atoms with Crippen LogP contribution >= 0.6 is 0 Å². The van der Waals surface area contributed by atoms with Crippen molar-refractivity contribution in [2.75, 3.05) is 20.6 Å². The third-order valence-corrected chi connectivity index (χ3v) is 4.28. The van der Waals surface area contributed by atoms with Gasteiger partial charge in [-0.3, -0.25) is 14.5 Å². The van der Waals surface area contributed by atoms with Crippen LogP contribution in [0.3, 0.4) is 0 Å². The summed E-state index contributed by atoms with van der Waals surface area (Å²) in [6, 6.07) is 12.9. The van der Waals surface area contributed by atoms with Crippen LogP contribution in [0.5, 0.6) is 0 Å². The van der Waals surface area contributed by atoms with E-state index in [0.29, 0.717) is 19.5 Å². The maximum absolute atomic E-state index is 12.6. The Bertz CT molecular complexity index is 763. The normalized spacial score (nSPS) is 12.2. The van der Waals surface area contributed by atoms with Gasteiger partial charge in [0.25, 0.3) is 5.56 Å². The summed E-state index contributed by atoms with van der Waals surface area (Å²) in [5.41, 5.74) is 3.08. The highest BCUT2D eigenvalue weighted by atomic mass is 16.2. The summed E-state index contributed by atoms with van der Waals surface area (Å²) in [4.78, 5) is 26.3. The number of rotatable bonds is 7. The van der Waals surface area contributed by atoms with E-state index in [-0.39, 0.29) is 17.5 Å². The fourth-order valence-electron chi connectivity index (χ4n) is 2.89. The van der Waals surface area contributed by atoms with Crippen LogP contribution in [0, 0.1) is 13.8 Å². The largest absolute Gasteiger partial charge is 0.354 e. The van der Waals surface area contributed by atoms with Gasteiger partial charge in [0.1, 0.15) is 6.04 Å². The van der Waals surface area contributed by atoms with Gasteiger partial charge in [0, 0.05) is 24.8 Å². The topological polar surface area (TPSA) is 54.3 Å². The van der Waals surface area contributed by atoms with Crippen molar-refractivity contribution in [3.63, 3.8) is 0 Å². The second-order valence-corrected chi connectivity index (χ2v) is 6.58. The molecule has 1 N–H and O–H groups in total. The van der Waals surface area contributed by atoms with Crippen molar-refractivity contribution in [3.8, 4) is 0 Å². The number of aromatic nitrogens is 1. The minimum atomic E-state index is -0.318. The molecular formula is C20H27N3O2. The van der Waals surface area contributed by atoms with Gasteiger partial charge in [-0.25, -0.2) is 0 Å². The number of carbonyl (C=O) groups excluding carboxylic acids is 1. The average molecular weight is 341 g/mol. The molecule has 1 aromatic carbocycles. The van der Waals surface area contributed by atoms with Crippen molar-refractivity contribution in [1.82, 2.24) is 14.8 Å². The van der Waals surface area contributed by atoms with Crippen LogP contribution in [0.2, 0.25) is 0 Å². The van der Waals surface area contributed by atoms with Crippen molar-refractivity contribution < 1.29 is 4.79 Å². The summed E-state index contributed by atoms with van der Waals surface area (Å²) < 4.78 is 1.73. The van der Waals surface area contributed by atoms with Crippen LogP contribution in [-0.4, -0.2) is 36.0 Å². The average Bonchev–Trinajstić information content (AvgIpc) is 2.55. The first-order chi connectivity index (χ1) is 11.9. The zero-order chi connectivity index (χ0) is 18.4. The monoisotopic (exact) mass is 341 g/mol. The van der Waals surface area contributed by atoms with Crippen molar-refractivity contribution in [2.45, 2.75) is 32.9 Å². The van der Waals surface area contributed by atoms with Crippen molar-refractivity contribution in [2.24, 2.45) is 0 Å². The summed E-state index contributed by atoms with van der Waals surface area (Å²) in [7, 11) is 3.80. The quantitative estimate of drug-likeness (QED) is 0.786. The summed E-state index contributed by atoms with van der Waals surface area (Å²) in [6.07, 6.45) is 0.713. The lowest BCUT2D eigenvalue weighted by atomic mass is 10.0. The molecule has 0 unspecified atom stereocenters. The predicted octanol–water partition coefficient (Wildman–Crippen LogP) is 2.27. The molecule has 1 heterocycles. The first-order valence-corrected chi connectivity index (χ1v) is 8.57. The maximum atomic E-state index is 12.6. The number of nitrogens with zero attached hydrogens (tertiary/aromatic N) is 2. The summed E-state index contributed by atoms with van der Waals surface area (Å²) in [5, 5.41) is 2.99. The Morgan fingerprint density at radius 1 is 1.12 bits per heavy atom. The molecule has 134 valence electrons. The van der Waals surface area contributed by atoms with E-state index in [0.717, 1.165) is 11.3 Å². The molecule has 0 fully saturated rings. The van der Waals surface area contributed by atoms with E-state index in [4.69, 9.17) is 0 Å². The lowest BCUT2D eigenvalue weighted by Gasteiger charge is -2.24. The van der Waals surface area contributed by atoms with Crippen molar-refractivity contribution in [1.29, 1.82) is 0 Å². The minimum Gasteiger partial charge on any atom is -0.354 e. The van der Waals surface area contributed by atoms with Crippen LogP contribution in [0.1, 0.15) is 29.3 Å². The molecule has 25 heavy (non-hydrogen) atoms. The van der Waals surface area contributed by atoms with Gasteiger partial charge in [-0.1, -0.05) is 35.9 Å². The Morgan fingerprint density at radius 2 is 1.80 bits per heavy atom. The van der Waals surface area contributed by atoms with E-state index >= 15 is 0 Å². The summed E-state index contributed by atoms with van der Waals surface area (Å²) in [5.74, 6) is -0.0222. The standard InChI is InChI=1S/C20H27N3O2/c1-15-9-11-17(12-10-15)19(22(3)4)20(25)21-13-6-14-23-16(2)7-5-8-18(23)24/h5,7-12,19H,6,13-14H2,1-4H3,(H,21,25)/t19-/m1/s1. The predicted molar refractivity (Wildman–Crippen MR) is 101 cm³/mol. The Morgan fingerprint density at radius 3 is 2.40 bits per heavy atom. The van der Waals surface area contributed by atoms with E-state index in [9.17, 15) is 9.59 Å². The van der Waals surface area contributed by atoms with E-state index in [2.05, 4.69) is 5.32 Å². The number of benzene rings is 1. The first kappa shape index (κ1) is 18.9. The molecule has 0 saturated carbocycles. The number of pyridine rings is 1. The van der Waals surface area contributed by atoms with Crippen molar-refractivity contribution in [3.05, 3.63) is 69.6 Å². The Hall–Kier alpha value is -2.40. The molecule has 0 aliphatic heterocycles. The van der Waals surface area contributed by atoms with Crippen LogP contribution in [0.25, 0.3) is 0 Å². The number of aryl methyl sites for hydroxylation is 2. The highest BCUT2D eigenvalue weighted by Crippen LogP contribution is 2.18. The minimum absolute atomic E-state index is 0.00264. The number of likely N-dealkylation sites (N-methyl/N-ethyl adjacent to an activating group) is 1. The van der Waals surface area contributed by atoms with Crippen molar-refractivity contribution >= 4 is 5.91 Å². The van der Waals surface area contributed by atoms with E-state index in [1.807, 2.05) is 63.2 Å². The fourth-order valence-corrected chi connectivity index (χ4v) is 2.89. The van der Waals surface area contributed by atoms with Gasteiger partial charge < -0.3 is 9.88 Å². The van der Waals surface area contributed by atoms with E-state index < -0.39 is 0 Å². The SMILES string of the molecule is Cc1ccc([C@H](C(=O)NCCCn2c(C)cccc2=O)N(C)C)cc1. The number of hydrogen-bond donors (Lipinski definition) is 1. The first-order valence-electron chi connectivity index (χ1n) is 8.57. The number of nitrogens with one attached hydrogen (secondary N) is 1. The van der Waals surface area contributed by atoms with Crippen LogP contribution in [0.15, 0.2) is 47.3 Å². The Kier molecular flexibility index (Phi) is 6.53. The van der Waals surface area contributed by atoms with Gasteiger partial charge >= 0.3 is 0 Å². The van der Waals surface area contributed by atoms with Gasteiger partial charge in [0.2, 0.25) is 5.91 Å². The van der Waals surface area contributed by atoms with Gasteiger partial charge in [0.05, 0.1) is 0 Å². The highest BCUT2D eigenvalue weighted by Gasteiger charge is 2.22. The molecule has 5 nitrogen and oxygen atoms in total. The number of amides is 1. The smallest absolute Gasteiger partial charge is 0.250 e. The van der Waals surface area contributed by atoms with Crippen LogP contribution < -0.4 is 10.9 Å². The number of carbonyl (C=O) groups is 1. The van der Waals surface area contributed by atoms with Gasteiger partial charge in [0.15, 0.2) is 0 Å². The second-order valence-electron chi connectivity index (χ2n) is 6.58. The molecule has 2 rings (SSSR count). The Labute approximate surface area is 149 Å². The molecule has 0 radical (unpaired) electrons. The molecule has 1 aromatic heterocycles. The maximum Gasteiger partial charge on any atom is 0.250 e. The molecule has 5 heteroatoms. The molecule has 0 saturated heterocycles. The molecule has 0 aliphatic carbocycles. The molecule has 0 bridgehead atoms. The second kappa shape index (κ2) is 8.62. The lowest BCUT2D eigenvalue weighted by molar-refractivity contribution is -0.125. The van der Waals surface area contributed by atoms with Crippen LogP contribution in [0.4, 0.5) is 0 Å². The zero-order valence-electron chi connectivity index (χ0n) is 15.5. The molecule has 1 amide bonds. The Balaban J connectivity index is 1.93. The molecule has 0 aliphatic rings. The summed E-state index contributed by atoms with van der Waals surface area (Å²) >= 11 is 0.